The highest BCUT2D eigenvalue weighted by Crippen LogP contribution is 2.22. The van der Waals surface area contributed by atoms with E-state index in [4.69, 9.17) is 10.5 Å². The Labute approximate surface area is 88.1 Å². The largest absolute Gasteiger partial charge is 0.484 e. The highest BCUT2D eigenvalue weighted by atomic mass is 16.5. The minimum absolute atomic E-state index is 0.130. The molecule has 0 aliphatic heterocycles. The molecule has 1 aromatic carbocycles. The van der Waals surface area contributed by atoms with Gasteiger partial charge in [0.1, 0.15) is 17.7 Å². The van der Waals surface area contributed by atoms with Crippen LogP contribution in [0.4, 0.5) is 5.82 Å². The van der Waals surface area contributed by atoms with Gasteiger partial charge in [-0.25, -0.2) is 4.98 Å². The molecule has 2 rings (SSSR count). The van der Waals surface area contributed by atoms with Crippen molar-refractivity contribution in [3.8, 4) is 5.75 Å². The topological polar surface area (TPSA) is 63.9 Å². The molecule has 0 amide bonds. The number of anilines is 1. The van der Waals surface area contributed by atoms with Crippen LogP contribution >= 0.6 is 0 Å². The van der Waals surface area contributed by atoms with Gasteiger partial charge in [-0.2, -0.15) is 0 Å². The second kappa shape index (κ2) is 4.04. The van der Waals surface area contributed by atoms with E-state index in [2.05, 4.69) is 9.97 Å². The number of imidazole rings is 1. The number of aromatic nitrogens is 2. The second-order valence-corrected chi connectivity index (χ2v) is 3.27. The van der Waals surface area contributed by atoms with E-state index >= 15 is 0 Å². The molecule has 3 N–H and O–H groups in total. The summed E-state index contributed by atoms with van der Waals surface area (Å²) < 4.78 is 5.69. The van der Waals surface area contributed by atoms with Crippen LogP contribution < -0.4 is 10.5 Å². The minimum atomic E-state index is -0.130. The van der Waals surface area contributed by atoms with Crippen LogP contribution in [0, 0.1) is 0 Å². The monoisotopic (exact) mass is 203 g/mol. The number of hydrogen-bond donors (Lipinski definition) is 2. The van der Waals surface area contributed by atoms with Gasteiger partial charge in [0.2, 0.25) is 0 Å². The molecule has 0 fully saturated rings. The summed E-state index contributed by atoms with van der Waals surface area (Å²) in [6.07, 6.45) is 1.44. The number of rotatable bonds is 3. The fourth-order valence-electron chi connectivity index (χ4n) is 1.40. The normalized spacial score (nSPS) is 12.3. The van der Waals surface area contributed by atoms with Gasteiger partial charge in [-0.05, 0) is 19.1 Å². The zero-order chi connectivity index (χ0) is 10.7. The van der Waals surface area contributed by atoms with Crippen LogP contribution in [-0.2, 0) is 0 Å². The molecule has 15 heavy (non-hydrogen) atoms. The molecule has 0 unspecified atom stereocenters. The third kappa shape index (κ3) is 2.10. The number of benzene rings is 1. The number of para-hydroxylation sites is 1. The lowest BCUT2D eigenvalue weighted by molar-refractivity contribution is 0.223. The Balaban J connectivity index is 2.11. The zero-order valence-corrected chi connectivity index (χ0v) is 8.47. The quantitative estimate of drug-likeness (QED) is 0.803. The molecular formula is C11H13N3O. The maximum absolute atomic E-state index is 5.69. The van der Waals surface area contributed by atoms with Crippen molar-refractivity contribution in [2.24, 2.45) is 0 Å². The van der Waals surface area contributed by atoms with Crippen LogP contribution in [0.15, 0.2) is 36.7 Å². The van der Waals surface area contributed by atoms with E-state index in [1.54, 1.807) is 6.33 Å². The predicted molar refractivity (Wildman–Crippen MR) is 58.5 cm³/mol. The van der Waals surface area contributed by atoms with Crippen molar-refractivity contribution >= 4 is 5.82 Å². The summed E-state index contributed by atoms with van der Waals surface area (Å²) in [7, 11) is 0. The van der Waals surface area contributed by atoms with E-state index in [1.165, 1.54) is 0 Å². The van der Waals surface area contributed by atoms with Gasteiger partial charge in [0.15, 0.2) is 0 Å². The van der Waals surface area contributed by atoms with Crippen LogP contribution in [-0.4, -0.2) is 9.97 Å². The van der Waals surface area contributed by atoms with Crippen molar-refractivity contribution in [2.45, 2.75) is 13.0 Å². The summed E-state index contributed by atoms with van der Waals surface area (Å²) in [5.41, 5.74) is 6.48. The molecule has 0 saturated carbocycles. The number of nitrogens with zero attached hydrogens (tertiary/aromatic N) is 1. The van der Waals surface area contributed by atoms with Crippen LogP contribution in [0.1, 0.15) is 18.7 Å². The van der Waals surface area contributed by atoms with E-state index in [0.29, 0.717) is 5.82 Å². The van der Waals surface area contributed by atoms with Crippen LogP contribution in [0.5, 0.6) is 5.75 Å². The molecule has 0 spiro atoms. The van der Waals surface area contributed by atoms with E-state index in [-0.39, 0.29) is 6.10 Å². The highest BCUT2D eigenvalue weighted by molar-refractivity contribution is 5.36. The number of aromatic amines is 1. The van der Waals surface area contributed by atoms with E-state index < -0.39 is 0 Å². The summed E-state index contributed by atoms with van der Waals surface area (Å²) in [4.78, 5) is 6.89. The first-order chi connectivity index (χ1) is 7.27. The minimum Gasteiger partial charge on any atom is -0.484 e. The number of hydrogen-bond acceptors (Lipinski definition) is 3. The van der Waals surface area contributed by atoms with Gasteiger partial charge < -0.3 is 15.5 Å². The Morgan fingerprint density at radius 2 is 2.07 bits per heavy atom. The summed E-state index contributed by atoms with van der Waals surface area (Å²) in [5.74, 6) is 1.30. The van der Waals surface area contributed by atoms with Crippen molar-refractivity contribution in [2.75, 3.05) is 5.73 Å². The summed E-state index contributed by atoms with van der Waals surface area (Å²) >= 11 is 0. The predicted octanol–water partition coefficient (Wildman–Crippen LogP) is 2.13. The summed E-state index contributed by atoms with van der Waals surface area (Å²) in [5, 5.41) is 0. The average molecular weight is 203 g/mol. The molecule has 4 nitrogen and oxygen atoms in total. The zero-order valence-electron chi connectivity index (χ0n) is 8.47. The maximum Gasteiger partial charge on any atom is 0.148 e. The first-order valence-corrected chi connectivity index (χ1v) is 4.78. The molecule has 0 radical (unpaired) electrons. The van der Waals surface area contributed by atoms with Gasteiger partial charge in [-0.1, -0.05) is 18.2 Å². The molecule has 0 saturated heterocycles. The highest BCUT2D eigenvalue weighted by Gasteiger charge is 2.12. The maximum atomic E-state index is 5.69. The van der Waals surface area contributed by atoms with Gasteiger partial charge in [0, 0.05) is 0 Å². The standard InChI is InChI=1S/C11H13N3O/c1-8(10-11(12)14-7-13-10)15-9-5-3-2-4-6-9/h2-8H,12H2,1H3,(H,13,14)/t8-/m1/s1. The van der Waals surface area contributed by atoms with Gasteiger partial charge in [-0.3, -0.25) is 0 Å². The Morgan fingerprint density at radius 1 is 1.33 bits per heavy atom. The number of nitrogen functional groups attached to an aromatic ring is 1. The molecule has 0 aliphatic carbocycles. The van der Waals surface area contributed by atoms with E-state index in [1.807, 2.05) is 37.3 Å². The molecule has 0 bridgehead atoms. The van der Waals surface area contributed by atoms with Crippen molar-refractivity contribution in [3.05, 3.63) is 42.4 Å². The molecule has 78 valence electrons. The fraction of sp³-hybridized carbons (Fsp3) is 0.182. The Bertz CT molecular complexity index is 424. The third-order valence-corrected chi connectivity index (χ3v) is 2.16. The second-order valence-electron chi connectivity index (χ2n) is 3.27. The number of ether oxygens (including phenoxy) is 1. The first kappa shape index (κ1) is 9.58. The molecule has 4 heteroatoms. The fourth-order valence-corrected chi connectivity index (χ4v) is 1.40. The first-order valence-electron chi connectivity index (χ1n) is 4.78. The van der Waals surface area contributed by atoms with E-state index in [0.717, 1.165) is 11.4 Å². The van der Waals surface area contributed by atoms with E-state index in [9.17, 15) is 0 Å². The van der Waals surface area contributed by atoms with Gasteiger partial charge in [0.25, 0.3) is 0 Å². The van der Waals surface area contributed by atoms with Crippen molar-refractivity contribution < 1.29 is 4.74 Å². The smallest absolute Gasteiger partial charge is 0.148 e. The van der Waals surface area contributed by atoms with Gasteiger partial charge in [-0.15, -0.1) is 0 Å². The Hall–Kier alpha value is -1.97. The lowest BCUT2D eigenvalue weighted by Crippen LogP contribution is -2.06. The number of nitrogens with two attached hydrogens (primary N) is 1. The molecule has 0 aliphatic rings. The number of H-pyrrole nitrogens is 1. The van der Waals surface area contributed by atoms with Crippen molar-refractivity contribution in [3.63, 3.8) is 0 Å². The lowest BCUT2D eigenvalue weighted by Gasteiger charge is -2.13. The molecule has 1 atom stereocenters. The van der Waals surface area contributed by atoms with Crippen molar-refractivity contribution in [1.82, 2.24) is 9.97 Å². The van der Waals surface area contributed by atoms with Crippen molar-refractivity contribution in [1.29, 1.82) is 0 Å². The molecule has 2 aromatic rings. The van der Waals surface area contributed by atoms with Crippen LogP contribution in [0.2, 0.25) is 0 Å². The summed E-state index contributed by atoms with van der Waals surface area (Å²) in [6, 6.07) is 9.62. The molecule has 1 aromatic heterocycles. The van der Waals surface area contributed by atoms with Gasteiger partial charge >= 0.3 is 0 Å². The molecule has 1 heterocycles. The molecular weight excluding hydrogens is 190 g/mol. The van der Waals surface area contributed by atoms with Gasteiger partial charge in [0.05, 0.1) is 12.0 Å². The summed E-state index contributed by atoms with van der Waals surface area (Å²) in [6.45, 7) is 1.93. The Morgan fingerprint density at radius 3 is 2.67 bits per heavy atom. The van der Waals surface area contributed by atoms with Crippen LogP contribution in [0.25, 0.3) is 0 Å². The average Bonchev–Trinajstić information content (AvgIpc) is 2.66. The third-order valence-electron chi connectivity index (χ3n) is 2.16. The number of nitrogens with one attached hydrogen (secondary N) is 1. The Kier molecular flexibility index (Phi) is 2.58. The SMILES string of the molecule is C[C@@H](Oc1ccccc1)c1[nH]cnc1N. The van der Waals surface area contributed by atoms with Crippen LogP contribution in [0.3, 0.4) is 0 Å². The lowest BCUT2D eigenvalue weighted by atomic mass is 10.3.